The summed E-state index contributed by atoms with van der Waals surface area (Å²) in [4.78, 5) is 23.0. The molecule has 0 unspecified atom stereocenters. The number of hydrogen-bond acceptors (Lipinski definition) is 3. The fourth-order valence-electron chi connectivity index (χ4n) is 1.47. The zero-order valence-electron chi connectivity index (χ0n) is 11.3. The summed E-state index contributed by atoms with van der Waals surface area (Å²) >= 11 is 1.71. The second kappa shape index (κ2) is 7.14. The van der Waals surface area contributed by atoms with Crippen molar-refractivity contribution in [1.82, 2.24) is 0 Å². The molecule has 1 rings (SSSR count). The molecule has 0 heterocycles. The van der Waals surface area contributed by atoms with Crippen molar-refractivity contribution >= 4 is 23.5 Å². The van der Waals surface area contributed by atoms with Crippen LogP contribution in [0.2, 0.25) is 0 Å². The number of ketones is 1. The van der Waals surface area contributed by atoms with Crippen molar-refractivity contribution in [3.8, 4) is 0 Å². The van der Waals surface area contributed by atoms with Crippen molar-refractivity contribution in [2.75, 3.05) is 11.5 Å². The van der Waals surface area contributed by atoms with E-state index in [9.17, 15) is 9.59 Å². The van der Waals surface area contributed by atoms with Crippen molar-refractivity contribution < 1.29 is 9.59 Å². The average Bonchev–Trinajstić information content (AvgIpc) is 2.37. The number of hydrogen-bond donors (Lipinski definition) is 1. The lowest BCUT2D eigenvalue weighted by atomic mass is 10.0. The molecule has 0 aliphatic carbocycles. The fraction of sp³-hybridized carbons (Fsp3) is 0.333. The van der Waals surface area contributed by atoms with Gasteiger partial charge in [0.25, 0.3) is 0 Å². The smallest absolute Gasteiger partial charge is 0.248 e. The maximum atomic E-state index is 12.1. The summed E-state index contributed by atoms with van der Waals surface area (Å²) in [6.45, 7) is 8.10. The molecular weight excluding hydrogens is 258 g/mol. The molecule has 0 aliphatic heterocycles. The molecule has 19 heavy (non-hydrogen) atoms. The molecule has 0 saturated heterocycles. The number of benzene rings is 1. The Balaban J connectivity index is 2.61. The van der Waals surface area contributed by atoms with Crippen LogP contribution in [0.5, 0.6) is 0 Å². The minimum absolute atomic E-state index is 0.0766. The zero-order valence-corrected chi connectivity index (χ0v) is 12.1. The van der Waals surface area contributed by atoms with Crippen molar-refractivity contribution in [2.45, 2.75) is 13.8 Å². The third-order valence-corrected chi connectivity index (χ3v) is 3.94. The van der Waals surface area contributed by atoms with E-state index in [2.05, 4.69) is 20.4 Å². The Morgan fingerprint density at radius 3 is 2.21 bits per heavy atom. The Bertz CT molecular complexity index is 477. The summed E-state index contributed by atoms with van der Waals surface area (Å²) in [5.74, 6) is 1.67. The highest BCUT2D eigenvalue weighted by atomic mass is 32.2. The summed E-state index contributed by atoms with van der Waals surface area (Å²) < 4.78 is 0. The molecule has 102 valence electrons. The highest BCUT2D eigenvalue weighted by Crippen LogP contribution is 2.15. The van der Waals surface area contributed by atoms with Crippen molar-refractivity contribution in [3.05, 3.63) is 47.5 Å². The molecule has 0 saturated carbocycles. The van der Waals surface area contributed by atoms with E-state index in [4.69, 9.17) is 5.73 Å². The molecule has 0 spiro atoms. The Morgan fingerprint density at radius 1 is 1.21 bits per heavy atom. The quantitative estimate of drug-likeness (QED) is 0.616. The highest BCUT2D eigenvalue weighted by molar-refractivity contribution is 7.99. The molecule has 0 aliphatic rings. The van der Waals surface area contributed by atoms with E-state index in [1.165, 1.54) is 0 Å². The molecule has 2 N–H and O–H groups in total. The van der Waals surface area contributed by atoms with Crippen molar-refractivity contribution in [1.29, 1.82) is 0 Å². The van der Waals surface area contributed by atoms with Crippen LogP contribution >= 0.6 is 11.8 Å². The van der Waals surface area contributed by atoms with Crippen LogP contribution in [0.3, 0.4) is 0 Å². The summed E-state index contributed by atoms with van der Waals surface area (Å²) in [7, 11) is 0. The normalized spacial score (nSPS) is 10.5. The van der Waals surface area contributed by atoms with Gasteiger partial charge in [-0.25, -0.2) is 0 Å². The molecule has 4 heteroatoms. The molecule has 0 aromatic heterocycles. The Hall–Kier alpha value is -1.55. The van der Waals surface area contributed by atoms with Gasteiger partial charge in [0, 0.05) is 22.5 Å². The summed E-state index contributed by atoms with van der Waals surface area (Å²) in [6.07, 6.45) is 0. The van der Waals surface area contributed by atoms with Gasteiger partial charge in [0.2, 0.25) is 5.91 Å². The molecular formula is C15H19NO2S. The van der Waals surface area contributed by atoms with Gasteiger partial charge >= 0.3 is 0 Å². The van der Waals surface area contributed by atoms with Gasteiger partial charge in [0.05, 0.1) is 0 Å². The summed E-state index contributed by atoms with van der Waals surface area (Å²) in [5.41, 5.74) is 6.67. The molecule has 0 radical (unpaired) electrons. The minimum Gasteiger partial charge on any atom is -0.366 e. The molecule has 1 amide bonds. The maximum absolute atomic E-state index is 12.1. The van der Waals surface area contributed by atoms with E-state index < -0.39 is 5.91 Å². The van der Waals surface area contributed by atoms with Crippen LogP contribution in [0.15, 0.2) is 36.4 Å². The number of amides is 1. The SMILES string of the molecule is C=C(CSCC(C)C)C(=O)c1ccc(C(N)=O)cc1. The number of thioether (sulfide) groups is 1. The first-order chi connectivity index (χ1) is 8.91. The molecule has 0 fully saturated rings. The van der Waals surface area contributed by atoms with E-state index in [0.717, 1.165) is 5.75 Å². The topological polar surface area (TPSA) is 60.2 Å². The van der Waals surface area contributed by atoms with Gasteiger partial charge in [0.15, 0.2) is 5.78 Å². The third-order valence-electron chi connectivity index (χ3n) is 2.48. The van der Waals surface area contributed by atoms with Crippen LogP contribution in [-0.2, 0) is 0 Å². The first-order valence-electron chi connectivity index (χ1n) is 6.12. The largest absolute Gasteiger partial charge is 0.366 e. The molecule has 1 aromatic rings. The van der Waals surface area contributed by atoms with Crippen LogP contribution < -0.4 is 5.73 Å². The summed E-state index contributed by atoms with van der Waals surface area (Å²) in [6, 6.07) is 6.34. The maximum Gasteiger partial charge on any atom is 0.248 e. The first kappa shape index (κ1) is 15.5. The number of Topliss-reactive ketones (excluding diaryl/α,β-unsaturated/α-hetero) is 1. The number of carbonyl (C=O) groups is 2. The van der Waals surface area contributed by atoms with E-state index in [1.807, 2.05) is 0 Å². The lowest BCUT2D eigenvalue weighted by Crippen LogP contribution is -2.11. The van der Waals surface area contributed by atoms with Crippen LogP contribution in [0.25, 0.3) is 0 Å². The minimum atomic E-state index is -0.495. The Labute approximate surface area is 118 Å². The predicted octanol–water partition coefficient (Wildman–Crippen LogP) is 2.91. The van der Waals surface area contributed by atoms with Crippen LogP contribution in [0.1, 0.15) is 34.6 Å². The van der Waals surface area contributed by atoms with E-state index in [0.29, 0.717) is 28.4 Å². The third kappa shape index (κ3) is 4.91. The molecule has 0 bridgehead atoms. The fourth-order valence-corrected chi connectivity index (χ4v) is 2.44. The monoisotopic (exact) mass is 277 g/mol. The van der Waals surface area contributed by atoms with Crippen LogP contribution in [0.4, 0.5) is 0 Å². The summed E-state index contributed by atoms with van der Waals surface area (Å²) in [5, 5.41) is 0. The molecule has 0 atom stereocenters. The van der Waals surface area contributed by atoms with Gasteiger partial charge in [-0.1, -0.05) is 32.6 Å². The van der Waals surface area contributed by atoms with E-state index in [1.54, 1.807) is 36.0 Å². The number of rotatable bonds is 7. The highest BCUT2D eigenvalue weighted by Gasteiger charge is 2.11. The lowest BCUT2D eigenvalue weighted by molar-refractivity contribution is 0.0996. The standard InChI is InChI=1S/C15H19NO2S/c1-10(2)8-19-9-11(3)14(17)12-4-6-13(7-5-12)15(16)18/h4-7,10H,3,8-9H2,1-2H3,(H2,16,18). The van der Waals surface area contributed by atoms with Crippen molar-refractivity contribution in [2.24, 2.45) is 11.7 Å². The van der Waals surface area contributed by atoms with Gasteiger partial charge in [0.1, 0.15) is 0 Å². The van der Waals surface area contributed by atoms with Gasteiger partial charge in [-0.2, -0.15) is 11.8 Å². The number of nitrogens with two attached hydrogens (primary N) is 1. The average molecular weight is 277 g/mol. The Morgan fingerprint density at radius 2 is 1.74 bits per heavy atom. The van der Waals surface area contributed by atoms with Gasteiger partial charge in [-0.15, -0.1) is 0 Å². The van der Waals surface area contributed by atoms with E-state index >= 15 is 0 Å². The molecule has 1 aromatic carbocycles. The van der Waals surface area contributed by atoms with Gasteiger partial charge in [-0.05, 0) is 23.8 Å². The van der Waals surface area contributed by atoms with Gasteiger partial charge < -0.3 is 5.73 Å². The number of primary amides is 1. The van der Waals surface area contributed by atoms with E-state index in [-0.39, 0.29) is 5.78 Å². The van der Waals surface area contributed by atoms with Crippen LogP contribution in [-0.4, -0.2) is 23.2 Å². The molecule has 3 nitrogen and oxygen atoms in total. The number of carbonyl (C=O) groups excluding carboxylic acids is 2. The Kier molecular flexibility index (Phi) is 5.83. The second-order valence-electron chi connectivity index (χ2n) is 4.78. The van der Waals surface area contributed by atoms with Crippen LogP contribution in [0, 0.1) is 5.92 Å². The lowest BCUT2D eigenvalue weighted by Gasteiger charge is -2.07. The second-order valence-corrected chi connectivity index (χ2v) is 5.81. The predicted molar refractivity (Wildman–Crippen MR) is 80.6 cm³/mol. The zero-order chi connectivity index (χ0) is 14.4. The van der Waals surface area contributed by atoms with Crippen molar-refractivity contribution in [3.63, 3.8) is 0 Å². The van der Waals surface area contributed by atoms with Gasteiger partial charge in [-0.3, -0.25) is 9.59 Å². The first-order valence-corrected chi connectivity index (χ1v) is 7.27.